The molecule has 86 heavy (non-hydrogen) atoms. The van der Waals surface area contributed by atoms with Crippen LogP contribution in [0.25, 0.3) is 61.1 Å². The van der Waals surface area contributed by atoms with Crippen LogP contribution in [-0.2, 0) is 5.41 Å². The molecule has 0 fully saturated rings. The predicted octanol–water partition coefficient (Wildman–Crippen LogP) is 19.9. The van der Waals surface area contributed by atoms with Gasteiger partial charge in [0, 0.05) is 98.5 Å². The molecule has 2 aromatic heterocycles. The molecular formula is C67H33F16NO2. The fourth-order valence-corrected chi connectivity index (χ4v) is 12.0. The van der Waals surface area contributed by atoms with E-state index in [4.69, 9.17) is 9.15 Å². The highest BCUT2D eigenvalue weighted by Gasteiger charge is 2.38. The van der Waals surface area contributed by atoms with E-state index in [0.717, 1.165) is 23.8 Å². The zero-order chi connectivity index (χ0) is 60.7. The van der Waals surface area contributed by atoms with Crippen LogP contribution in [0.4, 0.5) is 70.2 Å². The van der Waals surface area contributed by atoms with Gasteiger partial charge in [0.15, 0.2) is 5.58 Å². The second kappa shape index (κ2) is 20.2. The van der Waals surface area contributed by atoms with Gasteiger partial charge in [0.1, 0.15) is 105 Å². The van der Waals surface area contributed by atoms with Crippen molar-refractivity contribution >= 4 is 27.7 Å². The monoisotopic (exact) mass is 1190 g/mol. The maximum Gasteiger partial charge on any atom is 0.214 e. The fraction of sp³-hybridized carbons (Fsp3) is 0.0746. The summed E-state index contributed by atoms with van der Waals surface area (Å²) in [5.41, 5.74) is -10.2. The molecule has 1 aliphatic rings. The first-order chi connectivity index (χ1) is 41.0. The topological polar surface area (TPSA) is 26.8 Å². The van der Waals surface area contributed by atoms with Gasteiger partial charge in [-0.25, -0.2) is 70.2 Å². The average Bonchev–Trinajstić information content (AvgIpc) is 1.50. The number of hydrogen-bond donors (Lipinski definition) is 0. The van der Waals surface area contributed by atoms with Crippen molar-refractivity contribution in [3.8, 4) is 44.9 Å². The summed E-state index contributed by atoms with van der Waals surface area (Å²) in [6.45, 7) is 3.73. The quantitative estimate of drug-likeness (QED) is 0.106. The van der Waals surface area contributed by atoms with Gasteiger partial charge in [-0.15, -0.1) is 0 Å². The predicted molar refractivity (Wildman–Crippen MR) is 287 cm³/mol. The van der Waals surface area contributed by atoms with Crippen molar-refractivity contribution in [2.45, 2.75) is 31.1 Å². The number of hydrogen-bond acceptors (Lipinski definition) is 2. The van der Waals surface area contributed by atoms with Crippen LogP contribution >= 0.6 is 0 Å². The van der Waals surface area contributed by atoms with Crippen LogP contribution in [0.15, 0.2) is 156 Å². The van der Waals surface area contributed by atoms with Crippen LogP contribution in [0.2, 0.25) is 0 Å². The normalized spacial score (nSPS) is 13.2. The fourth-order valence-electron chi connectivity index (χ4n) is 12.0. The number of oxazole rings is 1. The Morgan fingerprint density at radius 1 is 0.360 bits per heavy atom. The van der Waals surface area contributed by atoms with Gasteiger partial charge in [-0.05, 0) is 82.9 Å². The average molecular weight is 1190 g/mol. The number of rotatable bonds is 9. The summed E-state index contributed by atoms with van der Waals surface area (Å²) in [5.74, 6) is -29.8. The number of nitrogens with zero attached hydrogens (tertiary/aromatic N) is 1. The summed E-state index contributed by atoms with van der Waals surface area (Å²) in [6.07, 6.45) is 0. The molecule has 0 saturated carbocycles. The van der Waals surface area contributed by atoms with E-state index in [1.54, 1.807) is 18.2 Å². The molecule has 12 aromatic rings. The number of aromatic nitrogens is 1. The number of ether oxygens (including phenoxy) is 1. The Kier molecular flexibility index (Phi) is 13.0. The lowest BCUT2D eigenvalue weighted by Gasteiger charge is -2.34. The Balaban J connectivity index is 0.952. The highest BCUT2D eigenvalue weighted by molar-refractivity contribution is 6.07. The molecule has 1 unspecified atom stereocenters. The minimum Gasteiger partial charge on any atom is -0.457 e. The molecule has 0 aliphatic carbocycles. The van der Waals surface area contributed by atoms with Crippen molar-refractivity contribution in [2.75, 3.05) is 0 Å². The van der Waals surface area contributed by atoms with Gasteiger partial charge in [-0.3, -0.25) is 4.40 Å². The second-order valence-corrected chi connectivity index (χ2v) is 21.1. The molecule has 0 bridgehead atoms. The van der Waals surface area contributed by atoms with Crippen molar-refractivity contribution in [1.82, 2.24) is 4.40 Å². The molecule has 0 spiro atoms. The van der Waals surface area contributed by atoms with E-state index in [9.17, 15) is 13.2 Å². The third-order valence-corrected chi connectivity index (χ3v) is 15.8. The van der Waals surface area contributed by atoms with Crippen LogP contribution in [-0.4, -0.2) is 4.40 Å². The molecule has 10 aromatic carbocycles. The zero-order valence-corrected chi connectivity index (χ0v) is 43.9. The van der Waals surface area contributed by atoms with Crippen molar-refractivity contribution in [3.63, 3.8) is 0 Å². The van der Waals surface area contributed by atoms with Gasteiger partial charge in [0.05, 0.1) is 33.3 Å². The molecule has 0 N–H and O–H groups in total. The van der Waals surface area contributed by atoms with Crippen LogP contribution < -0.4 is 4.74 Å². The smallest absolute Gasteiger partial charge is 0.214 e. The molecular weight excluding hydrogens is 1150 g/mol. The van der Waals surface area contributed by atoms with E-state index in [1.807, 2.05) is 19.9 Å². The first kappa shape index (κ1) is 55.4. The minimum absolute atomic E-state index is 0.0280. The lowest BCUT2D eigenvalue weighted by atomic mass is 9.75. The van der Waals surface area contributed by atoms with Gasteiger partial charge in [0.25, 0.3) is 0 Å². The van der Waals surface area contributed by atoms with Gasteiger partial charge in [0.2, 0.25) is 5.71 Å². The molecule has 1 aliphatic heterocycles. The van der Waals surface area contributed by atoms with Crippen LogP contribution in [0, 0.1) is 93.1 Å². The highest BCUT2D eigenvalue weighted by atomic mass is 19.2. The van der Waals surface area contributed by atoms with Crippen molar-refractivity contribution in [1.29, 1.82) is 0 Å². The van der Waals surface area contributed by atoms with E-state index in [2.05, 4.69) is 0 Å². The second-order valence-electron chi connectivity index (χ2n) is 21.1. The van der Waals surface area contributed by atoms with E-state index < -0.39 is 166 Å². The third kappa shape index (κ3) is 8.67. The van der Waals surface area contributed by atoms with E-state index >= 15 is 57.1 Å². The standard InChI is InChI=1S/C67H33F16NO2/c1-67(2)36-8-4-6-10-52(36)85-53-13-11-28(15-37(53)67)55-38(71)16-31(17-39(55)72)58(62-46(79)25-34(70)26-47(62)80)64-49(82)27-48(81)56(65(64)83)29-12-14-54-51(20-29)84-50-9-5-3-7-35(50)59(66(84)86-54)63-40(73)18-30(19-41(63)74)57(60-42(75)21-32(68)22-43(60)76)61-44(77)23-33(69)24-45(61)78/h3-27,57-58H,1-2H3. The van der Waals surface area contributed by atoms with E-state index in [-0.39, 0.29) is 81.3 Å². The largest absolute Gasteiger partial charge is 0.457 e. The summed E-state index contributed by atoms with van der Waals surface area (Å²) in [4.78, 5) is 0. The lowest BCUT2D eigenvalue weighted by Crippen LogP contribution is -2.24. The Hall–Kier alpha value is -9.78. The SMILES string of the molecule is CC1(C)c2ccccc2Oc2ccc(-c3c(F)cc(C(c4c(F)cc(F)cc4F)c4c(F)cc(F)c(-c5ccc6oc7c(-c8c(F)cc(C(c9c(F)cc(F)cc9F)c9c(F)cc(F)cc9F)cc8F)c8ccccc8n7c6c5)c4F)cc3F)cc21. The first-order valence-electron chi connectivity index (χ1n) is 26.0. The van der Waals surface area contributed by atoms with Crippen LogP contribution in [0.3, 0.4) is 0 Å². The third-order valence-electron chi connectivity index (χ3n) is 15.8. The maximum atomic E-state index is 17.7. The molecule has 3 nitrogen and oxygen atoms in total. The molecule has 0 radical (unpaired) electrons. The number of halogens is 16. The maximum absolute atomic E-state index is 17.7. The summed E-state index contributed by atoms with van der Waals surface area (Å²) < 4.78 is 269. The Morgan fingerprint density at radius 3 is 1.36 bits per heavy atom. The van der Waals surface area contributed by atoms with Crippen LogP contribution in [0.1, 0.15) is 70.2 Å². The Labute approximate surface area is 475 Å². The Bertz CT molecular complexity index is 4720. The molecule has 3 heterocycles. The van der Waals surface area contributed by atoms with Gasteiger partial charge >= 0.3 is 0 Å². The summed E-state index contributed by atoms with van der Waals surface area (Å²) in [6, 6.07) is 23.8. The number of fused-ring (bicyclic) bond motifs is 7. The van der Waals surface area contributed by atoms with Gasteiger partial charge in [-0.2, -0.15) is 0 Å². The van der Waals surface area contributed by atoms with E-state index in [0.29, 0.717) is 41.3 Å². The lowest BCUT2D eigenvalue weighted by molar-refractivity contribution is 0.418. The molecule has 1 atom stereocenters. The van der Waals surface area contributed by atoms with Crippen molar-refractivity contribution in [3.05, 3.63) is 289 Å². The molecule has 13 rings (SSSR count). The molecule has 0 saturated heterocycles. The van der Waals surface area contributed by atoms with Crippen LogP contribution in [0.5, 0.6) is 11.5 Å². The van der Waals surface area contributed by atoms with Crippen molar-refractivity contribution in [2.24, 2.45) is 0 Å². The molecule has 430 valence electrons. The first-order valence-corrected chi connectivity index (χ1v) is 26.0. The summed E-state index contributed by atoms with van der Waals surface area (Å²) in [5, 5.41) is 0.0280. The molecule has 19 heteroatoms. The van der Waals surface area contributed by atoms with Gasteiger partial charge < -0.3 is 9.15 Å². The summed E-state index contributed by atoms with van der Waals surface area (Å²) >= 11 is 0. The highest BCUT2D eigenvalue weighted by Crippen LogP contribution is 2.51. The van der Waals surface area contributed by atoms with Crippen molar-refractivity contribution < 1.29 is 79.4 Å². The van der Waals surface area contributed by atoms with E-state index in [1.165, 1.54) is 46.9 Å². The van der Waals surface area contributed by atoms with Gasteiger partial charge in [-0.1, -0.05) is 62.4 Å². The molecule has 0 amide bonds. The number of para-hydroxylation sites is 2. The number of benzene rings is 10. The minimum atomic E-state index is -2.50. The Morgan fingerprint density at radius 2 is 0.802 bits per heavy atom. The zero-order valence-electron chi connectivity index (χ0n) is 43.9. The summed E-state index contributed by atoms with van der Waals surface area (Å²) in [7, 11) is 0.